The summed E-state index contributed by atoms with van der Waals surface area (Å²) in [7, 11) is -1.80. The SMILES string of the molecule is C[C@@H]1CCCCCCCC[C@H](O[Si](C)(C)C(C)(C)C)/C=C\C=C\C(=O)O1. The van der Waals surface area contributed by atoms with Gasteiger partial charge in [-0.05, 0) is 44.3 Å². The van der Waals surface area contributed by atoms with Crippen LogP contribution < -0.4 is 0 Å². The van der Waals surface area contributed by atoms with E-state index in [9.17, 15) is 4.79 Å². The lowest BCUT2D eigenvalue weighted by Gasteiger charge is -2.38. The Kier molecular flexibility index (Phi) is 9.87. The van der Waals surface area contributed by atoms with Gasteiger partial charge >= 0.3 is 5.97 Å². The first-order chi connectivity index (χ1) is 12.1. The van der Waals surface area contributed by atoms with Crippen LogP contribution >= 0.6 is 0 Å². The first kappa shape index (κ1) is 23.2. The van der Waals surface area contributed by atoms with Gasteiger partial charge in [0.1, 0.15) is 0 Å². The summed E-state index contributed by atoms with van der Waals surface area (Å²) < 4.78 is 12.0. The number of esters is 1. The average Bonchev–Trinajstić information content (AvgIpc) is 2.51. The van der Waals surface area contributed by atoms with Gasteiger partial charge in [0.25, 0.3) is 0 Å². The van der Waals surface area contributed by atoms with Crippen molar-refractivity contribution in [2.24, 2.45) is 0 Å². The topological polar surface area (TPSA) is 35.5 Å². The minimum atomic E-state index is -1.80. The van der Waals surface area contributed by atoms with Gasteiger partial charge in [0.15, 0.2) is 8.32 Å². The van der Waals surface area contributed by atoms with Crippen LogP contribution in [0.4, 0.5) is 0 Å². The molecule has 0 unspecified atom stereocenters. The zero-order chi connectivity index (χ0) is 19.6. The summed E-state index contributed by atoms with van der Waals surface area (Å²) in [6.45, 7) is 13.4. The van der Waals surface area contributed by atoms with Crippen LogP contribution in [0, 0.1) is 0 Å². The second kappa shape index (κ2) is 11.1. The number of hydrogen-bond donors (Lipinski definition) is 0. The largest absolute Gasteiger partial charge is 0.460 e. The van der Waals surface area contributed by atoms with E-state index in [1.165, 1.54) is 38.2 Å². The highest BCUT2D eigenvalue weighted by atomic mass is 28.4. The molecule has 4 heteroatoms. The standard InChI is InChI=1S/C22H40O3Si/c1-19-15-11-9-7-8-10-12-16-20(17-13-14-18-21(23)24-19)25-26(5,6)22(2,3)4/h13-14,17-20H,7-12,15-16H2,1-6H3/b17-13-,18-14+/t19-,20+/m1/s1. The molecule has 150 valence electrons. The zero-order valence-corrected chi connectivity index (χ0v) is 18.8. The van der Waals surface area contributed by atoms with Gasteiger partial charge in [0.2, 0.25) is 0 Å². The molecule has 2 atom stereocenters. The van der Waals surface area contributed by atoms with Gasteiger partial charge in [-0.2, -0.15) is 0 Å². The third-order valence-corrected chi connectivity index (χ3v) is 10.1. The van der Waals surface area contributed by atoms with E-state index < -0.39 is 8.32 Å². The van der Waals surface area contributed by atoms with Crippen LogP contribution in [0.3, 0.4) is 0 Å². The molecule has 0 amide bonds. The predicted octanol–water partition coefficient (Wildman–Crippen LogP) is 6.56. The van der Waals surface area contributed by atoms with Crippen molar-refractivity contribution in [2.75, 3.05) is 0 Å². The molecule has 1 aliphatic rings. The summed E-state index contributed by atoms with van der Waals surface area (Å²) in [5, 5.41) is 0.200. The molecule has 0 spiro atoms. The Balaban J connectivity index is 2.77. The lowest BCUT2D eigenvalue weighted by atomic mass is 10.0. The Morgan fingerprint density at radius 3 is 2.19 bits per heavy atom. The highest BCUT2D eigenvalue weighted by molar-refractivity contribution is 6.74. The summed E-state index contributed by atoms with van der Waals surface area (Å²) in [6, 6.07) is 0. The van der Waals surface area contributed by atoms with Crippen LogP contribution in [0.1, 0.15) is 79.1 Å². The number of carbonyl (C=O) groups is 1. The molecule has 1 rings (SSSR count). The smallest absolute Gasteiger partial charge is 0.331 e. The second-order valence-corrected chi connectivity index (χ2v) is 13.9. The number of hydrogen-bond acceptors (Lipinski definition) is 3. The molecule has 0 radical (unpaired) electrons. The van der Waals surface area contributed by atoms with Gasteiger partial charge in [-0.25, -0.2) is 4.79 Å². The lowest BCUT2D eigenvalue weighted by molar-refractivity contribution is -0.142. The third-order valence-electron chi connectivity index (χ3n) is 5.59. The number of allylic oxidation sites excluding steroid dienone is 2. The van der Waals surface area contributed by atoms with Crippen molar-refractivity contribution in [3.63, 3.8) is 0 Å². The van der Waals surface area contributed by atoms with Crippen LogP contribution in [-0.2, 0) is 14.0 Å². The molecule has 0 N–H and O–H groups in total. The van der Waals surface area contributed by atoms with Crippen molar-refractivity contribution in [1.82, 2.24) is 0 Å². The van der Waals surface area contributed by atoms with Gasteiger partial charge in [-0.1, -0.05) is 71.1 Å². The van der Waals surface area contributed by atoms with Gasteiger partial charge in [-0.15, -0.1) is 0 Å². The molecule has 0 aromatic rings. The van der Waals surface area contributed by atoms with Crippen molar-refractivity contribution < 1.29 is 14.0 Å². The number of ether oxygens (including phenoxy) is 1. The fourth-order valence-corrected chi connectivity index (χ4v) is 4.16. The first-order valence-electron chi connectivity index (χ1n) is 10.3. The van der Waals surface area contributed by atoms with Gasteiger partial charge < -0.3 is 9.16 Å². The zero-order valence-electron chi connectivity index (χ0n) is 17.8. The van der Waals surface area contributed by atoms with E-state index in [1.54, 1.807) is 6.08 Å². The Hall–Kier alpha value is -0.873. The molecule has 0 aromatic carbocycles. The Morgan fingerprint density at radius 2 is 1.58 bits per heavy atom. The first-order valence-corrected chi connectivity index (χ1v) is 13.3. The van der Waals surface area contributed by atoms with E-state index in [2.05, 4.69) is 39.9 Å². The van der Waals surface area contributed by atoms with Crippen molar-refractivity contribution >= 4 is 14.3 Å². The predicted molar refractivity (Wildman–Crippen MR) is 113 cm³/mol. The summed E-state index contributed by atoms with van der Waals surface area (Å²) >= 11 is 0. The van der Waals surface area contributed by atoms with Crippen LogP contribution in [0.2, 0.25) is 18.1 Å². The normalized spacial score (nSPS) is 27.5. The van der Waals surface area contributed by atoms with E-state index in [0.717, 1.165) is 19.3 Å². The molecule has 3 nitrogen and oxygen atoms in total. The molecule has 0 fully saturated rings. The fraction of sp³-hybridized carbons (Fsp3) is 0.773. The van der Waals surface area contributed by atoms with E-state index in [4.69, 9.17) is 9.16 Å². The molecule has 0 saturated carbocycles. The van der Waals surface area contributed by atoms with Gasteiger partial charge in [0.05, 0.1) is 12.2 Å². The summed E-state index contributed by atoms with van der Waals surface area (Å²) in [6.07, 6.45) is 16.9. The highest BCUT2D eigenvalue weighted by Gasteiger charge is 2.38. The average molecular weight is 381 g/mol. The monoisotopic (exact) mass is 380 g/mol. The molecule has 1 heterocycles. The van der Waals surface area contributed by atoms with Gasteiger partial charge in [0, 0.05) is 6.08 Å². The molecule has 0 saturated heterocycles. The molecule has 0 bridgehead atoms. The highest BCUT2D eigenvalue weighted by Crippen LogP contribution is 2.38. The maximum atomic E-state index is 11.9. The van der Waals surface area contributed by atoms with Crippen molar-refractivity contribution in [2.45, 2.75) is 109 Å². The summed E-state index contributed by atoms with van der Waals surface area (Å²) in [5.74, 6) is -0.254. The van der Waals surface area contributed by atoms with Crippen molar-refractivity contribution in [1.29, 1.82) is 0 Å². The molecule has 1 aliphatic heterocycles. The third kappa shape index (κ3) is 9.18. The van der Waals surface area contributed by atoms with Crippen LogP contribution in [0.25, 0.3) is 0 Å². The minimum absolute atomic E-state index is 0.00120. The van der Waals surface area contributed by atoms with E-state index in [0.29, 0.717) is 0 Å². The van der Waals surface area contributed by atoms with Gasteiger partial charge in [-0.3, -0.25) is 0 Å². The number of carbonyl (C=O) groups excluding carboxylic acids is 1. The van der Waals surface area contributed by atoms with Crippen molar-refractivity contribution in [3.8, 4) is 0 Å². The Morgan fingerprint density at radius 1 is 1.00 bits per heavy atom. The lowest BCUT2D eigenvalue weighted by Crippen LogP contribution is -2.43. The maximum Gasteiger partial charge on any atom is 0.331 e. The quantitative estimate of drug-likeness (QED) is 0.402. The Labute approximate surface area is 162 Å². The van der Waals surface area contributed by atoms with Crippen LogP contribution in [0.5, 0.6) is 0 Å². The van der Waals surface area contributed by atoms with Crippen LogP contribution in [0.15, 0.2) is 24.3 Å². The van der Waals surface area contributed by atoms with E-state index in [1.807, 2.05) is 13.0 Å². The molecule has 0 aromatic heterocycles. The second-order valence-electron chi connectivity index (χ2n) is 9.11. The summed E-state index contributed by atoms with van der Waals surface area (Å²) in [4.78, 5) is 11.9. The molecular weight excluding hydrogens is 340 g/mol. The summed E-state index contributed by atoms with van der Waals surface area (Å²) in [5.41, 5.74) is 0. The Bertz CT molecular complexity index is 474. The maximum absolute atomic E-state index is 11.9. The van der Waals surface area contributed by atoms with E-state index >= 15 is 0 Å². The molecule has 26 heavy (non-hydrogen) atoms. The van der Waals surface area contributed by atoms with Crippen molar-refractivity contribution in [3.05, 3.63) is 24.3 Å². The number of cyclic esters (lactones) is 1. The fourth-order valence-electron chi connectivity index (χ4n) is 2.85. The molecule has 0 aliphatic carbocycles. The minimum Gasteiger partial charge on any atom is -0.460 e. The van der Waals surface area contributed by atoms with Crippen LogP contribution in [-0.4, -0.2) is 26.5 Å². The van der Waals surface area contributed by atoms with E-state index in [-0.39, 0.29) is 23.2 Å². The molecular formula is C22H40O3Si. The number of rotatable bonds is 2.